The van der Waals surface area contributed by atoms with Gasteiger partial charge in [0.05, 0.1) is 10.5 Å². The van der Waals surface area contributed by atoms with Gasteiger partial charge in [-0.25, -0.2) is 8.42 Å². The van der Waals surface area contributed by atoms with Crippen LogP contribution in [0.4, 0.5) is 18.9 Å². The number of carbonyl (C=O) groups is 1. The van der Waals surface area contributed by atoms with Crippen molar-refractivity contribution in [3.05, 3.63) is 59.2 Å². The number of benzene rings is 2. The van der Waals surface area contributed by atoms with Crippen LogP contribution in [0.1, 0.15) is 27.9 Å². The minimum atomic E-state index is -5.68. The number of alkyl halides is 3. The van der Waals surface area contributed by atoms with Crippen LogP contribution in [0, 0.1) is 0 Å². The smallest absolute Gasteiger partial charge is 0.396 e. The van der Waals surface area contributed by atoms with Gasteiger partial charge in [0.15, 0.2) is 0 Å². The second kappa shape index (κ2) is 9.27. The predicted octanol–water partition coefficient (Wildman–Crippen LogP) is 2.72. The van der Waals surface area contributed by atoms with E-state index in [9.17, 15) is 26.4 Å². The Morgan fingerprint density at radius 2 is 1.76 bits per heavy atom. The van der Waals surface area contributed by atoms with Gasteiger partial charge in [0, 0.05) is 25.9 Å². The van der Waals surface area contributed by atoms with Gasteiger partial charge >= 0.3 is 5.51 Å². The van der Waals surface area contributed by atoms with Gasteiger partial charge in [-0.05, 0) is 36.1 Å². The highest BCUT2D eigenvalue weighted by atomic mass is 32.2. The summed E-state index contributed by atoms with van der Waals surface area (Å²) in [5, 5.41) is 14.2. The quantitative estimate of drug-likeness (QED) is 0.560. The summed E-state index contributed by atoms with van der Waals surface area (Å²) in [5.41, 5.74) is -5.21. The van der Waals surface area contributed by atoms with Crippen LogP contribution in [0.15, 0.2) is 47.4 Å². The number of carbonyl (C=O) groups excluding carboxylic acids is 1. The Labute approximate surface area is 166 Å². The molecule has 0 spiro atoms. The zero-order valence-electron chi connectivity index (χ0n) is 15.6. The first-order valence-electron chi connectivity index (χ1n) is 8.71. The Morgan fingerprint density at radius 1 is 1.10 bits per heavy atom. The minimum absolute atomic E-state index is 0.125. The fourth-order valence-electron chi connectivity index (χ4n) is 2.81. The highest BCUT2D eigenvalue weighted by molar-refractivity contribution is 7.92. The third-order valence-corrected chi connectivity index (χ3v) is 5.76. The van der Waals surface area contributed by atoms with E-state index in [1.54, 1.807) is 30.3 Å². The molecule has 0 heterocycles. The predicted molar refractivity (Wildman–Crippen MR) is 103 cm³/mol. The molecule has 29 heavy (non-hydrogen) atoms. The van der Waals surface area contributed by atoms with E-state index in [0.717, 1.165) is 12.1 Å². The number of halogens is 3. The topological polar surface area (TPSA) is 95.5 Å². The molecule has 1 amide bonds. The molecule has 0 unspecified atom stereocenters. The molecule has 0 aliphatic heterocycles. The summed E-state index contributed by atoms with van der Waals surface area (Å²) >= 11 is 0. The lowest BCUT2D eigenvalue weighted by atomic mass is 9.97. The number of aliphatic hydroxyl groups excluding tert-OH is 1. The van der Waals surface area contributed by atoms with Crippen molar-refractivity contribution in [2.24, 2.45) is 0 Å². The number of aliphatic hydroxyl groups is 1. The number of amides is 1. The van der Waals surface area contributed by atoms with Gasteiger partial charge in [0.25, 0.3) is 15.7 Å². The van der Waals surface area contributed by atoms with Gasteiger partial charge in [0.1, 0.15) is 0 Å². The summed E-state index contributed by atoms with van der Waals surface area (Å²) < 4.78 is 64.2. The van der Waals surface area contributed by atoms with Crippen molar-refractivity contribution in [3.8, 4) is 0 Å². The van der Waals surface area contributed by atoms with Crippen LogP contribution in [-0.4, -0.2) is 45.1 Å². The first-order chi connectivity index (χ1) is 13.6. The molecule has 0 aliphatic rings. The van der Waals surface area contributed by atoms with Crippen molar-refractivity contribution < 1.29 is 31.5 Å². The van der Waals surface area contributed by atoms with E-state index in [2.05, 4.69) is 10.6 Å². The largest absolute Gasteiger partial charge is 0.501 e. The lowest BCUT2D eigenvalue weighted by Crippen LogP contribution is -2.28. The molecule has 0 aromatic heterocycles. The third-order valence-electron chi connectivity index (χ3n) is 4.19. The summed E-state index contributed by atoms with van der Waals surface area (Å²) in [6.07, 6.45) is 0.146. The Hall–Kier alpha value is -2.59. The lowest BCUT2D eigenvalue weighted by Gasteiger charge is -2.20. The van der Waals surface area contributed by atoms with E-state index in [1.165, 1.54) is 7.05 Å². The highest BCUT2D eigenvalue weighted by Crippen LogP contribution is 2.36. The first-order valence-corrected chi connectivity index (χ1v) is 10.2. The van der Waals surface area contributed by atoms with Crippen LogP contribution in [0.5, 0.6) is 0 Å². The van der Waals surface area contributed by atoms with Crippen LogP contribution in [0.2, 0.25) is 0 Å². The van der Waals surface area contributed by atoms with Crippen LogP contribution in [0.3, 0.4) is 0 Å². The zero-order valence-corrected chi connectivity index (χ0v) is 16.4. The maximum atomic E-state index is 13.3. The molecule has 0 atom stereocenters. The maximum Gasteiger partial charge on any atom is 0.501 e. The van der Waals surface area contributed by atoms with E-state index in [-0.39, 0.29) is 36.4 Å². The fourth-order valence-corrected chi connectivity index (χ4v) is 3.81. The van der Waals surface area contributed by atoms with Crippen molar-refractivity contribution in [2.75, 3.05) is 25.5 Å². The van der Waals surface area contributed by atoms with Gasteiger partial charge in [-0.3, -0.25) is 4.79 Å². The number of sulfone groups is 1. The van der Waals surface area contributed by atoms with E-state index >= 15 is 0 Å². The van der Waals surface area contributed by atoms with E-state index < -0.39 is 26.1 Å². The minimum Gasteiger partial charge on any atom is -0.396 e. The van der Waals surface area contributed by atoms with Gasteiger partial charge in [-0.1, -0.05) is 30.3 Å². The summed E-state index contributed by atoms with van der Waals surface area (Å²) in [6, 6.07) is 10.3. The number of rotatable bonds is 8. The van der Waals surface area contributed by atoms with Crippen molar-refractivity contribution in [3.63, 3.8) is 0 Å². The molecule has 2 aromatic carbocycles. The molecule has 0 saturated carbocycles. The summed E-state index contributed by atoms with van der Waals surface area (Å²) in [5.74, 6) is -0.721. The molecular formula is C19H21F3N2O4S. The van der Waals surface area contributed by atoms with Gasteiger partial charge in [-0.15, -0.1) is 0 Å². The Bertz CT molecular complexity index is 961. The van der Waals surface area contributed by atoms with Gasteiger partial charge in [-0.2, -0.15) is 13.2 Å². The van der Waals surface area contributed by atoms with Crippen molar-refractivity contribution in [1.82, 2.24) is 5.32 Å². The molecule has 10 heteroatoms. The average molecular weight is 430 g/mol. The maximum absolute atomic E-state index is 13.3. The zero-order chi connectivity index (χ0) is 21.7. The molecule has 0 fully saturated rings. The summed E-state index contributed by atoms with van der Waals surface area (Å²) in [6.45, 7) is 0.121. The summed E-state index contributed by atoms with van der Waals surface area (Å²) in [7, 11) is -4.38. The molecule has 2 aromatic rings. The van der Waals surface area contributed by atoms with E-state index in [0.29, 0.717) is 12.0 Å². The number of anilines is 1. The van der Waals surface area contributed by atoms with Crippen molar-refractivity contribution in [2.45, 2.75) is 23.2 Å². The Morgan fingerprint density at radius 3 is 2.31 bits per heavy atom. The number of hydrogen-bond donors (Lipinski definition) is 3. The molecule has 0 saturated heterocycles. The summed E-state index contributed by atoms with van der Waals surface area (Å²) in [4.78, 5) is 11.6. The SMILES string of the molecule is CNC(=O)c1c(NCCCO)ccc(S(=O)(=O)C(F)(F)F)c1Cc1ccccc1. The monoisotopic (exact) mass is 430 g/mol. The Kier molecular flexibility index (Phi) is 7.26. The lowest BCUT2D eigenvalue weighted by molar-refractivity contribution is -0.0436. The van der Waals surface area contributed by atoms with Crippen LogP contribution in [0.25, 0.3) is 0 Å². The highest BCUT2D eigenvalue weighted by Gasteiger charge is 2.48. The molecule has 2 rings (SSSR count). The molecule has 3 N–H and O–H groups in total. The fraction of sp³-hybridized carbons (Fsp3) is 0.316. The second-order valence-electron chi connectivity index (χ2n) is 6.16. The van der Waals surface area contributed by atoms with Crippen LogP contribution in [-0.2, 0) is 16.3 Å². The molecule has 6 nitrogen and oxygen atoms in total. The van der Waals surface area contributed by atoms with Crippen molar-refractivity contribution in [1.29, 1.82) is 0 Å². The average Bonchev–Trinajstić information content (AvgIpc) is 2.67. The van der Waals surface area contributed by atoms with Gasteiger partial charge in [0.2, 0.25) is 0 Å². The first kappa shape index (κ1) is 22.7. The molecule has 0 radical (unpaired) electrons. The molecule has 0 bridgehead atoms. The van der Waals surface area contributed by atoms with Gasteiger partial charge < -0.3 is 15.7 Å². The number of hydrogen-bond acceptors (Lipinski definition) is 5. The Balaban J connectivity index is 2.75. The standard InChI is InChI=1S/C19H21F3N2O4S/c1-23-18(26)17-14(12-13-6-3-2-4-7-13)16(29(27,28)19(20,21)22)9-8-15(17)24-10-5-11-25/h2-4,6-9,24-25H,5,10-12H2,1H3,(H,23,26). The normalized spacial score (nSPS) is 11.9. The third kappa shape index (κ3) is 5.07. The van der Waals surface area contributed by atoms with E-state index in [1.807, 2.05) is 0 Å². The van der Waals surface area contributed by atoms with Crippen LogP contribution < -0.4 is 10.6 Å². The molecule has 0 aliphatic carbocycles. The van der Waals surface area contributed by atoms with E-state index in [4.69, 9.17) is 5.11 Å². The van der Waals surface area contributed by atoms with Crippen LogP contribution >= 0.6 is 0 Å². The molecule has 158 valence electrons. The number of nitrogens with one attached hydrogen (secondary N) is 2. The second-order valence-corrected chi connectivity index (χ2v) is 8.07. The molecular weight excluding hydrogens is 409 g/mol. The van der Waals surface area contributed by atoms with Crippen molar-refractivity contribution >= 4 is 21.4 Å².